The van der Waals surface area contributed by atoms with Gasteiger partial charge in [-0.15, -0.1) is 0 Å². The summed E-state index contributed by atoms with van der Waals surface area (Å²) in [6.07, 6.45) is 9.56. The molecule has 2 aliphatic carbocycles. The molecule has 4 aromatic rings. The largest absolute Gasteiger partial charge is 0.489 e. The minimum absolute atomic E-state index is 0.109. The van der Waals surface area contributed by atoms with E-state index >= 15 is 0 Å². The first-order chi connectivity index (χ1) is 17.7. The number of nitrogens with one attached hydrogen (secondary N) is 1. The van der Waals surface area contributed by atoms with Gasteiger partial charge in [0.05, 0.1) is 0 Å². The van der Waals surface area contributed by atoms with Gasteiger partial charge in [-0.2, -0.15) is 0 Å². The summed E-state index contributed by atoms with van der Waals surface area (Å²) in [5.41, 5.74) is 10.1. The number of aromatic nitrogens is 3. The topological polar surface area (TPSA) is 94.5 Å². The van der Waals surface area contributed by atoms with Gasteiger partial charge in [-0.25, -0.2) is 9.97 Å². The fourth-order valence-electron chi connectivity index (χ4n) is 5.21. The molecule has 0 unspecified atom stereocenters. The van der Waals surface area contributed by atoms with Crippen molar-refractivity contribution in [2.24, 2.45) is 5.92 Å². The molecular weight excluding hydrogens is 450 g/mol. The Morgan fingerprint density at radius 3 is 2.61 bits per heavy atom. The summed E-state index contributed by atoms with van der Waals surface area (Å²) >= 11 is 0. The number of anilines is 1. The van der Waals surface area contributed by atoms with Crippen LogP contribution in [0.2, 0.25) is 0 Å². The predicted octanol–water partition coefficient (Wildman–Crippen LogP) is 5.11. The number of carbonyl (C=O) groups excluding carboxylic acids is 1. The fourth-order valence-corrected chi connectivity index (χ4v) is 5.21. The number of ether oxygens (including phenoxy) is 1. The van der Waals surface area contributed by atoms with Crippen molar-refractivity contribution in [3.63, 3.8) is 0 Å². The Morgan fingerprint density at radius 1 is 1.03 bits per heavy atom. The number of fused-ring (bicyclic) bond motifs is 1. The van der Waals surface area contributed by atoms with Crippen LogP contribution in [-0.4, -0.2) is 26.3 Å². The number of carbonyl (C=O) groups is 1. The number of nitrogen functional groups attached to an aromatic ring is 1. The van der Waals surface area contributed by atoms with Crippen molar-refractivity contribution < 1.29 is 9.53 Å². The van der Waals surface area contributed by atoms with E-state index in [0.29, 0.717) is 18.5 Å². The fraction of sp³-hybridized carbons (Fsp3) is 0.345. The van der Waals surface area contributed by atoms with Crippen LogP contribution in [0.3, 0.4) is 0 Å². The highest BCUT2D eigenvalue weighted by atomic mass is 16.5. The number of rotatable bonds is 7. The van der Waals surface area contributed by atoms with Gasteiger partial charge in [0.2, 0.25) is 5.91 Å². The molecule has 184 valence electrons. The van der Waals surface area contributed by atoms with E-state index in [1.165, 1.54) is 0 Å². The quantitative estimate of drug-likeness (QED) is 0.383. The first-order valence-electron chi connectivity index (χ1n) is 12.9. The SMILES string of the molecule is Nc1nccn2c(C3CCC(C(=O)NC4CC4)CC3)nc(-c3cccc(OCc4ccccc4)c3)c12. The average molecular weight is 482 g/mol. The van der Waals surface area contributed by atoms with Gasteiger partial charge >= 0.3 is 0 Å². The minimum Gasteiger partial charge on any atom is -0.489 e. The van der Waals surface area contributed by atoms with Gasteiger partial charge in [-0.1, -0.05) is 42.5 Å². The van der Waals surface area contributed by atoms with Gasteiger partial charge in [-0.05, 0) is 56.2 Å². The summed E-state index contributed by atoms with van der Waals surface area (Å²) in [6, 6.07) is 18.5. The summed E-state index contributed by atoms with van der Waals surface area (Å²) in [5, 5.41) is 3.17. The zero-order valence-electron chi connectivity index (χ0n) is 20.3. The second-order valence-electron chi connectivity index (χ2n) is 9.98. The highest BCUT2D eigenvalue weighted by Crippen LogP contribution is 2.39. The molecule has 0 spiro atoms. The van der Waals surface area contributed by atoms with Crippen molar-refractivity contribution >= 4 is 17.2 Å². The van der Waals surface area contributed by atoms with Crippen LogP contribution in [0.1, 0.15) is 55.8 Å². The highest BCUT2D eigenvalue weighted by Gasteiger charge is 2.33. The van der Waals surface area contributed by atoms with Crippen LogP contribution in [0.25, 0.3) is 16.8 Å². The van der Waals surface area contributed by atoms with E-state index < -0.39 is 0 Å². The predicted molar refractivity (Wildman–Crippen MR) is 139 cm³/mol. The van der Waals surface area contributed by atoms with Crippen LogP contribution >= 0.6 is 0 Å². The summed E-state index contributed by atoms with van der Waals surface area (Å²) in [7, 11) is 0. The van der Waals surface area contributed by atoms with Crippen LogP contribution in [0.15, 0.2) is 67.0 Å². The zero-order valence-corrected chi connectivity index (χ0v) is 20.3. The molecule has 0 atom stereocenters. The monoisotopic (exact) mass is 481 g/mol. The Labute approximate surface area is 210 Å². The van der Waals surface area contributed by atoms with Crippen LogP contribution in [-0.2, 0) is 11.4 Å². The molecule has 2 saturated carbocycles. The van der Waals surface area contributed by atoms with Crippen molar-refractivity contribution in [3.8, 4) is 17.0 Å². The van der Waals surface area contributed by atoms with Gasteiger partial charge in [-0.3, -0.25) is 9.20 Å². The van der Waals surface area contributed by atoms with Crippen molar-refractivity contribution in [2.75, 3.05) is 5.73 Å². The lowest BCUT2D eigenvalue weighted by atomic mass is 9.81. The summed E-state index contributed by atoms with van der Waals surface area (Å²) < 4.78 is 8.15. The van der Waals surface area contributed by atoms with E-state index in [2.05, 4.69) is 26.8 Å². The minimum atomic E-state index is 0.109. The third kappa shape index (κ3) is 4.65. The van der Waals surface area contributed by atoms with Crippen LogP contribution in [0, 0.1) is 5.92 Å². The van der Waals surface area contributed by atoms with Gasteiger partial charge in [0.15, 0.2) is 0 Å². The summed E-state index contributed by atoms with van der Waals surface area (Å²) in [4.78, 5) is 22.0. The van der Waals surface area contributed by atoms with Crippen molar-refractivity contribution in [1.82, 2.24) is 19.7 Å². The number of hydrogen-bond donors (Lipinski definition) is 2. The maximum Gasteiger partial charge on any atom is 0.223 e. The highest BCUT2D eigenvalue weighted by molar-refractivity contribution is 5.85. The molecule has 7 nitrogen and oxygen atoms in total. The molecule has 2 heterocycles. The number of nitrogens with zero attached hydrogens (tertiary/aromatic N) is 3. The third-order valence-corrected chi connectivity index (χ3v) is 7.35. The van der Waals surface area contributed by atoms with Crippen molar-refractivity contribution in [2.45, 2.75) is 57.1 Å². The van der Waals surface area contributed by atoms with Gasteiger partial charge in [0, 0.05) is 35.8 Å². The van der Waals surface area contributed by atoms with Crippen molar-refractivity contribution in [1.29, 1.82) is 0 Å². The maximum absolute atomic E-state index is 12.5. The van der Waals surface area contributed by atoms with E-state index in [9.17, 15) is 4.79 Å². The summed E-state index contributed by atoms with van der Waals surface area (Å²) in [6.45, 7) is 0.501. The number of nitrogens with two attached hydrogens (primary N) is 1. The van der Waals surface area contributed by atoms with Crippen molar-refractivity contribution in [3.05, 3.63) is 78.4 Å². The van der Waals surface area contributed by atoms with E-state index in [1.807, 2.05) is 48.7 Å². The molecule has 7 heteroatoms. The molecule has 2 aromatic carbocycles. The van der Waals surface area contributed by atoms with E-state index in [-0.39, 0.29) is 17.7 Å². The zero-order chi connectivity index (χ0) is 24.5. The van der Waals surface area contributed by atoms with Gasteiger partial charge in [0.25, 0.3) is 0 Å². The lowest BCUT2D eigenvalue weighted by molar-refractivity contribution is -0.126. The molecule has 2 fully saturated rings. The molecule has 2 aliphatic rings. The Hall–Kier alpha value is -3.87. The van der Waals surface area contributed by atoms with Gasteiger partial charge in [0.1, 0.15) is 35.2 Å². The second kappa shape index (κ2) is 9.64. The first-order valence-corrected chi connectivity index (χ1v) is 12.9. The Kier molecular flexibility index (Phi) is 6.05. The standard InChI is InChI=1S/C29H31N5O2/c30-27-26-25(22-7-4-8-24(17-22)36-18-19-5-2-1-3-6-19)33-28(34(26)16-15-31-27)20-9-11-21(12-10-20)29(35)32-23-13-14-23/h1-8,15-17,20-21,23H,9-14,18H2,(H2,30,31)(H,32,35). The molecule has 3 N–H and O–H groups in total. The molecule has 6 rings (SSSR count). The molecule has 0 radical (unpaired) electrons. The Bertz CT molecular complexity index is 1370. The van der Waals surface area contributed by atoms with Crippen LogP contribution in [0.5, 0.6) is 5.75 Å². The normalized spacial score (nSPS) is 19.8. The molecule has 0 bridgehead atoms. The lowest BCUT2D eigenvalue weighted by Gasteiger charge is -2.27. The van der Waals surface area contributed by atoms with Gasteiger partial charge < -0.3 is 15.8 Å². The molecule has 0 aliphatic heterocycles. The number of amides is 1. The van der Waals surface area contributed by atoms with E-state index in [0.717, 1.165) is 72.4 Å². The van der Waals surface area contributed by atoms with E-state index in [1.54, 1.807) is 6.20 Å². The molecular formula is C29H31N5O2. The first kappa shape index (κ1) is 22.6. The van der Waals surface area contributed by atoms with Crippen LogP contribution < -0.4 is 15.8 Å². The molecule has 2 aromatic heterocycles. The van der Waals surface area contributed by atoms with Crippen LogP contribution in [0.4, 0.5) is 5.82 Å². The second-order valence-corrected chi connectivity index (χ2v) is 9.98. The number of imidazole rings is 1. The lowest BCUT2D eigenvalue weighted by Crippen LogP contribution is -2.34. The summed E-state index contributed by atoms with van der Waals surface area (Å²) in [5.74, 6) is 2.84. The maximum atomic E-state index is 12.5. The number of hydrogen-bond acceptors (Lipinski definition) is 5. The van der Waals surface area contributed by atoms with E-state index in [4.69, 9.17) is 15.5 Å². The molecule has 0 saturated heterocycles. The third-order valence-electron chi connectivity index (χ3n) is 7.35. The Morgan fingerprint density at radius 2 is 1.83 bits per heavy atom. The average Bonchev–Trinajstić information content (AvgIpc) is 3.65. The molecule has 1 amide bonds. The Balaban J connectivity index is 1.25. The molecule has 36 heavy (non-hydrogen) atoms. The smallest absolute Gasteiger partial charge is 0.223 e. The number of benzene rings is 2.